The first-order chi connectivity index (χ1) is 21.8. The van der Waals surface area contributed by atoms with Gasteiger partial charge in [0.2, 0.25) is 0 Å². The molecule has 10 heteroatoms. The number of methoxy groups -OCH3 is 1. The Morgan fingerprint density at radius 2 is 1.71 bits per heavy atom. The van der Waals surface area contributed by atoms with E-state index >= 15 is 0 Å². The maximum atomic E-state index is 14.2. The molecule has 2 aromatic heterocycles. The van der Waals surface area contributed by atoms with Crippen LogP contribution < -0.4 is 20.1 Å². The summed E-state index contributed by atoms with van der Waals surface area (Å²) in [6.07, 6.45) is 1.66. The summed E-state index contributed by atoms with van der Waals surface area (Å²) >= 11 is 6.58. The van der Waals surface area contributed by atoms with Crippen LogP contribution in [-0.4, -0.2) is 52.7 Å². The molecular formula is C35H33ClN6O3. The zero-order valence-corrected chi connectivity index (χ0v) is 26.2. The number of anilines is 2. The smallest absolute Gasteiger partial charge is 0.264 e. The highest BCUT2D eigenvalue weighted by Crippen LogP contribution is 2.41. The molecule has 0 N–H and O–H groups in total. The van der Waals surface area contributed by atoms with E-state index in [0.29, 0.717) is 53.2 Å². The van der Waals surface area contributed by atoms with Crippen LogP contribution in [0.25, 0.3) is 16.5 Å². The van der Waals surface area contributed by atoms with Crippen molar-refractivity contribution < 1.29 is 9.53 Å². The van der Waals surface area contributed by atoms with Crippen molar-refractivity contribution in [1.29, 1.82) is 0 Å². The van der Waals surface area contributed by atoms with Crippen LogP contribution in [0.5, 0.6) is 5.75 Å². The van der Waals surface area contributed by atoms with Gasteiger partial charge in [-0.3, -0.25) is 14.2 Å². The lowest BCUT2D eigenvalue weighted by Gasteiger charge is -2.38. The minimum Gasteiger partial charge on any atom is -0.497 e. The molecule has 0 saturated carbocycles. The maximum Gasteiger partial charge on any atom is 0.264 e. The Kier molecular flexibility index (Phi) is 7.41. The summed E-state index contributed by atoms with van der Waals surface area (Å²) in [7, 11) is 3.45. The molecule has 7 rings (SSSR count). The molecule has 0 aliphatic carbocycles. The minimum atomic E-state index is -0.213. The Labute approximate surface area is 266 Å². The number of fused-ring (bicyclic) bond motifs is 2. The Morgan fingerprint density at radius 1 is 0.956 bits per heavy atom. The van der Waals surface area contributed by atoms with E-state index < -0.39 is 0 Å². The molecular weight excluding hydrogens is 588 g/mol. The van der Waals surface area contributed by atoms with Gasteiger partial charge >= 0.3 is 0 Å². The molecule has 0 radical (unpaired) electrons. The van der Waals surface area contributed by atoms with Crippen LogP contribution >= 0.6 is 11.6 Å². The lowest BCUT2D eigenvalue weighted by atomic mass is 10.0. The molecule has 1 unspecified atom stereocenters. The van der Waals surface area contributed by atoms with Gasteiger partial charge in [-0.15, -0.1) is 0 Å². The second-order valence-corrected chi connectivity index (χ2v) is 12.0. The van der Waals surface area contributed by atoms with Crippen LogP contribution in [0, 0.1) is 6.92 Å². The molecule has 2 aliphatic rings. The van der Waals surface area contributed by atoms with E-state index in [0.717, 1.165) is 40.9 Å². The van der Waals surface area contributed by atoms with Crippen LogP contribution in [0.4, 0.5) is 11.6 Å². The summed E-state index contributed by atoms with van der Waals surface area (Å²) < 4.78 is 7.10. The Balaban J connectivity index is 1.37. The SMILES string of the molecule is COc1ccc(CN2CN(C)C(=O)c3c2nc(C)nc3N2CCCC2c2cc3cccc(Cl)c3c(=O)n2-c2ccccc2)cc1. The molecule has 9 nitrogen and oxygen atoms in total. The molecule has 4 heterocycles. The largest absolute Gasteiger partial charge is 0.497 e. The van der Waals surface area contributed by atoms with Crippen molar-refractivity contribution in [2.75, 3.05) is 37.2 Å². The van der Waals surface area contributed by atoms with Crippen LogP contribution in [-0.2, 0) is 6.54 Å². The first-order valence-corrected chi connectivity index (χ1v) is 15.4. The lowest BCUT2D eigenvalue weighted by molar-refractivity contribution is 0.0780. The number of pyridine rings is 1. The molecule has 228 valence electrons. The molecule has 1 amide bonds. The van der Waals surface area contributed by atoms with Crippen molar-refractivity contribution in [3.8, 4) is 11.4 Å². The summed E-state index contributed by atoms with van der Waals surface area (Å²) in [4.78, 5) is 43.8. The van der Waals surface area contributed by atoms with Gasteiger partial charge in [0.05, 0.1) is 30.2 Å². The molecule has 2 aliphatic heterocycles. The number of hydrogen-bond donors (Lipinski definition) is 0. The van der Waals surface area contributed by atoms with Crippen LogP contribution in [0.15, 0.2) is 83.7 Å². The van der Waals surface area contributed by atoms with Crippen molar-refractivity contribution in [2.45, 2.75) is 32.4 Å². The second kappa shape index (κ2) is 11.6. The zero-order valence-electron chi connectivity index (χ0n) is 25.4. The standard InChI is InChI=1S/C35H33ClN6O3/c1-22-37-32-31(34(43)39(2)21-40(32)20-23-14-16-26(45-3)17-15-23)33(38-22)41-18-8-13-28(41)29-19-24-9-7-12-27(36)30(24)35(44)42(29)25-10-5-4-6-11-25/h4-7,9-12,14-17,19,28H,8,13,18,20-21H2,1-3H3. The predicted octanol–water partition coefficient (Wildman–Crippen LogP) is 6.14. The van der Waals surface area contributed by atoms with Crippen molar-refractivity contribution in [3.63, 3.8) is 0 Å². The zero-order chi connectivity index (χ0) is 31.2. The normalized spacial score (nSPS) is 16.4. The number of ether oxygens (including phenoxy) is 1. The van der Waals surface area contributed by atoms with Gasteiger partial charge in [0.25, 0.3) is 11.5 Å². The number of halogens is 1. The molecule has 5 aromatic rings. The van der Waals surface area contributed by atoms with Crippen LogP contribution in [0.3, 0.4) is 0 Å². The number of benzene rings is 3. The van der Waals surface area contributed by atoms with E-state index in [4.69, 9.17) is 26.3 Å². The van der Waals surface area contributed by atoms with Crippen molar-refractivity contribution in [3.05, 3.63) is 117 Å². The third kappa shape index (κ3) is 5.07. The highest BCUT2D eigenvalue weighted by Gasteiger charge is 2.38. The second-order valence-electron chi connectivity index (χ2n) is 11.6. The van der Waals surface area contributed by atoms with E-state index in [2.05, 4.69) is 15.9 Å². The van der Waals surface area contributed by atoms with Crippen LogP contribution in [0.2, 0.25) is 5.02 Å². The first kappa shape index (κ1) is 28.9. The molecule has 1 fully saturated rings. The Hall–Kier alpha value is -4.89. The number of aromatic nitrogens is 3. The van der Waals surface area contributed by atoms with E-state index in [1.807, 2.05) is 73.7 Å². The van der Waals surface area contributed by atoms with E-state index in [1.54, 1.807) is 29.7 Å². The number of carbonyl (C=O) groups is 1. The predicted molar refractivity (Wildman–Crippen MR) is 177 cm³/mol. The number of carbonyl (C=O) groups excluding carboxylic acids is 1. The van der Waals surface area contributed by atoms with Gasteiger partial charge in [-0.25, -0.2) is 9.97 Å². The van der Waals surface area contributed by atoms with E-state index in [-0.39, 0.29) is 17.5 Å². The molecule has 1 atom stereocenters. The van der Waals surface area contributed by atoms with Gasteiger partial charge in [0.15, 0.2) is 0 Å². The number of nitrogens with zero attached hydrogens (tertiary/aromatic N) is 6. The third-order valence-corrected chi connectivity index (χ3v) is 8.98. The van der Waals surface area contributed by atoms with Gasteiger partial charge in [-0.2, -0.15) is 0 Å². The van der Waals surface area contributed by atoms with Crippen molar-refractivity contribution >= 4 is 39.9 Å². The third-order valence-electron chi connectivity index (χ3n) is 8.66. The summed E-state index contributed by atoms with van der Waals surface area (Å²) in [5.74, 6) is 2.46. The maximum absolute atomic E-state index is 14.2. The molecule has 3 aromatic carbocycles. The van der Waals surface area contributed by atoms with E-state index in [9.17, 15) is 9.59 Å². The van der Waals surface area contributed by atoms with Gasteiger partial charge in [-0.1, -0.05) is 54.1 Å². The Morgan fingerprint density at radius 3 is 2.47 bits per heavy atom. The fraction of sp³-hybridized carbons (Fsp3) is 0.257. The number of para-hydroxylation sites is 1. The number of hydrogen-bond acceptors (Lipinski definition) is 7. The molecule has 1 saturated heterocycles. The summed E-state index contributed by atoms with van der Waals surface area (Å²) in [6, 6.07) is 24.9. The summed E-state index contributed by atoms with van der Waals surface area (Å²) in [6.45, 7) is 3.50. The highest BCUT2D eigenvalue weighted by molar-refractivity contribution is 6.35. The Bertz CT molecular complexity index is 1980. The van der Waals surface area contributed by atoms with Crippen molar-refractivity contribution in [2.24, 2.45) is 0 Å². The fourth-order valence-electron chi connectivity index (χ4n) is 6.58. The molecule has 0 bridgehead atoms. The molecule has 0 spiro atoms. The molecule has 45 heavy (non-hydrogen) atoms. The first-order valence-electron chi connectivity index (χ1n) is 15.0. The summed E-state index contributed by atoms with van der Waals surface area (Å²) in [5.41, 5.74) is 2.97. The monoisotopic (exact) mass is 620 g/mol. The van der Waals surface area contributed by atoms with Crippen LogP contribution in [0.1, 0.15) is 46.3 Å². The average Bonchev–Trinajstić information content (AvgIpc) is 3.54. The van der Waals surface area contributed by atoms with Gasteiger partial charge < -0.3 is 19.4 Å². The van der Waals surface area contributed by atoms with Gasteiger partial charge in [-0.05, 0) is 67.1 Å². The van der Waals surface area contributed by atoms with Gasteiger partial charge in [0, 0.05) is 31.5 Å². The lowest BCUT2D eigenvalue weighted by Crippen LogP contribution is -2.46. The number of rotatable bonds is 6. The minimum absolute atomic E-state index is 0.123. The van der Waals surface area contributed by atoms with Gasteiger partial charge in [0.1, 0.15) is 28.8 Å². The van der Waals surface area contributed by atoms with Crippen molar-refractivity contribution in [1.82, 2.24) is 19.4 Å². The summed E-state index contributed by atoms with van der Waals surface area (Å²) in [5, 5.41) is 1.68. The highest BCUT2D eigenvalue weighted by atomic mass is 35.5. The quantitative estimate of drug-likeness (QED) is 0.225. The topological polar surface area (TPSA) is 83.8 Å². The fourth-order valence-corrected chi connectivity index (χ4v) is 6.84. The van der Waals surface area contributed by atoms with E-state index in [1.165, 1.54) is 0 Å². The number of amides is 1. The number of aryl methyl sites for hydroxylation is 1. The average molecular weight is 621 g/mol.